The minimum atomic E-state index is -4.93. The molecule has 0 amide bonds. The number of quaternary nitrogens is 1. The second-order valence-electron chi connectivity index (χ2n) is 10.3. The summed E-state index contributed by atoms with van der Waals surface area (Å²) < 4.78 is 94.4. The van der Waals surface area contributed by atoms with Crippen molar-refractivity contribution in [1.29, 1.82) is 0 Å². The van der Waals surface area contributed by atoms with E-state index in [0.717, 1.165) is 37.1 Å². The standard InChI is InChI=1S/C28H27Cl2F3N2O6S2/c29-21-9-12-27(25(16-21)34-43(40,41)22-10-11-24(30)23(17-22)28(31,32)33)42(38,39)18-19-5-7-20(8-6-19)26(36)4-3-15-35(37)13-1-2-14-35/h5-12,16-17,34H,1-4,13-15,18H2. The van der Waals surface area contributed by atoms with Gasteiger partial charge in [-0.05, 0) is 42.0 Å². The molecule has 4 rings (SSSR count). The molecule has 0 aromatic heterocycles. The van der Waals surface area contributed by atoms with Crippen LogP contribution in [-0.4, -0.2) is 46.9 Å². The summed E-state index contributed by atoms with van der Waals surface area (Å²) in [4.78, 5) is 11.3. The lowest BCUT2D eigenvalue weighted by molar-refractivity contribution is -0.868. The molecule has 0 aliphatic carbocycles. The van der Waals surface area contributed by atoms with E-state index in [1.165, 1.54) is 30.3 Å². The summed E-state index contributed by atoms with van der Waals surface area (Å²) in [6.45, 7) is 1.50. The van der Waals surface area contributed by atoms with Crippen LogP contribution in [0.5, 0.6) is 0 Å². The Morgan fingerprint density at radius 2 is 1.58 bits per heavy atom. The van der Waals surface area contributed by atoms with Crippen LogP contribution in [0.1, 0.15) is 47.2 Å². The van der Waals surface area contributed by atoms with Gasteiger partial charge in [0.15, 0.2) is 15.6 Å². The van der Waals surface area contributed by atoms with Crippen molar-refractivity contribution >= 4 is 54.5 Å². The largest absolute Gasteiger partial charge is 0.633 e. The summed E-state index contributed by atoms with van der Waals surface area (Å²) in [7, 11) is -8.93. The summed E-state index contributed by atoms with van der Waals surface area (Å²) in [5, 5.41) is 11.7. The van der Waals surface area contributed by atoms with E-state index in [-0.39, 0.29) is 21.9 Å². The molecule has 0 spiro atoms. The van der Waals surface area contributed by atoms with Gasteiger partial charge in [0.25, 0.3) is 10.0 Å². The van der Waals surface area contributed by atoms with Gasteiger partial charge in [-0.25, -0.2) is 16.8 Å². The fourth-order valence-electron chi connectivity index (χ4n) is 4.84. The number of Topliss-reactive ketones (excluding diaryl/α,β-unsaturated/α-hetero) is 1. The minimum Gasteiger partial charge on any atom is -0.633 e. The third kappa shape index (κ3) is 8.28. The van der Waals surface area contributed by atoms with Crippen molar-refractivity contribution in [2.24, 2.45) is 0 Å². The predicted octanol–water partition coefficient (Wildman–Crippen LogP) is 6.86. The lowest BCUT2D eigenvalue weighted by Crippen LogP contribution is -2.39. The number of rotatable bonds is 11. The van der Waals surface area contributed by atoms with Gasteiger partial charge in [-0.3, -0.25) is 9.52 Å². The maximum Gasteiger partial charge on any atom is 0.417 e. The first-order valence-corrected chi connectivity index (χ1v) is 17.0. The topological polar surface area (TPSA) is 120 Å². The molecule has 3 aromatic carbocycles. The Hall–Kier alpha value is -2.68. The number of nitrogens with one attached hydrogen (secondary N) is 1. The smallest absolute Gasteiger partial charge is 0.417 e. The lowest BCUT2D eigenvalue weighted by Gasteiger charge is -2.38. The van der Waals surface area contributed by atoms with Crippen LogP contribution < -0.4 is 4.72 Å². The zero-order chi connectivity index (χ0) is 31.6. The van der Waals surface area contributed by atoms with E-state index >= 15 is 0 Å². The number of benzene rings is 3. The second-order valence-corrected chi connectivity index (χ2v) is 14.8. The minimum absolute atomic E-state index is 0.0266. The van der Waals surface area contributed by atoms with E-state index in [4.69, 9.17) is 23.2 Å². The van der Waals surface area contributed by atoms with Crippen molar-refractivity contribution in [3.05, 3.63) is 92.6 Å². The highest BCUT2D eigenvalue weighted by atomic mass is 35.5. The Morgan fingerprint density at radius 3 is 2.21 bits per heavy atom. The van der Waals surface area contributed by atoms with E-state index in [0.29, 0.717) is 43.2 Å². The maximum atomic E-state index is 13.4. The first kappa shape index (κ1) is 33.2. The number of sulfone groups is 1. The summed E-state index contributed by atoms with van der Waals surface area (Å²) in [6.07, 6.45) is -2.53. The van der Waals surface area contributed by atoms with Crippen LogP contribution in [0.4, 0.5) is 18.9 Å². The highest BCUT2D eigenvalue weighted by Crippen LogP contribution is 2.37. The molecule has 232 valence electrons. The zero-order valence-corrected chi connectivity index (χ0v) is 25.7. The average Bonchev–Trinajstić information content (AvgIpc) is 3.34. The van der Waals surface area contributed by atoms with Gasteiger partial charge < -0.3 is 9.85 Å². The van der Waals surface area contributed by atoms with Gasteiger partial charge in [0.2, 0.25) is 0 Å². The fourth-order valence-corrected chi connectivity index (χ4v) is 7.90. The van der Waals surface area contributed by atoms with Gasteiger partial charge in [-0.2, -0.15) is 13.2 Å². The number of anilines is 1. The van der Waals surface area contributed by atoms with Crippen molar-refractivity contribution in [3.63, 3.8) is 0 Å². The molecule has 0 atom stereocenters. The van der Waals surface area contributed by atoms with Crippen LogP contribution in [-0.2, 0) is 31.8 Å². The van der Waals surface area contributed by atoms with Crippen LogP contribution >= 0.6 is 23.2 Å². The Labute approximate surface area is 257 Å². The highest BCUT2D eigenvalue weighted by Gasteiger charge is 2.35. The number of hydroxylamine groups is 3. The van der Waals surface area contributed by atoms with Crippen LogP contribution in [0.2, 0.25) is 10.0 Å². The molecule has 0 bridgehead atoms. The van der Waals surface area contributed by atoms with Crippen molar-refractivity contribution < 1.29 is 39.4 Å². The lowest BCUT2D eigenvalue weighted by atomic mass is 10.0. The average molecular weight is 680 g/mol. The summed E-state index contributed by atoms with van der Waals surface area (Å²) >= 11 is 11.6. The summed E-state index contributed by atoms with van der Waals surface area (Å²) in [6, 6.07) is 11.2. The molecule has 1 fully saturated rings. The highest BCUT2D eigenvalue weighted by molar-refractivity contribution is 7.93. The number of hydrogen-bond acceptors (Lipinski definition) is 6. The SMILES string of the molecule is O=C(CCC[N+]1([O-])CCCC1)c1ccc(CS(=O)(=O)c2ccc(Cl)cc2NS(=O)(=O)c2ccc(Cl)c(C(F)(F)F)c2)cc1. The number of hydrogen-bond donors (Lipinski definition) is 1. The Kier molecular flexibility index (Phi) is 9.84. The monoisotopic (exact) mass is 678 g/mol. The molecule has 0 unspecified atom stereocenters. The van der Waals surface area contributed by atoms with E-state index < -0.39 is 57.9 Å². The second kappa shape index (κ2) is 12.7. The van der Waals surface area contributed by atoms with Crippen molar-refractivity contribution in [1.82, 2.24) is 0 Å². The molecule has 1 aliphatic heterocycles. The zero-order valence-electron chi connectivity index (χ0n) is 22.5. The van der Waals surface area contributed by atoms with Gasteiger partial charge in [-0.1, -0.05) is 47.5 Å². The van der Waals surface area contributed by atoms with E-state index in [9.17, 15) is 40.0 Å². The number of ketones is 1. The van der Waals surface area contributed by atoms with E-state index in [2.05, 4.69) is 0 Å². The van der Waals surface area contributed by atoms with Gasteiger partial charge >= 0.3 is 6.18 Å². The number of halogens is 5. The summed E-state index contributed by atoms with van der Waals surface area (Å²) in [5.74, 6) is -0.752. The summed E-state index contributed by atoms with van der Waals surface area (Å²) in [5.41, 5.74) is -1.17. The third-order valence-corrected chi connectivity index (χ3v) is 10.7. The molecule has 3 aromatic rings. The molecule has 0 saturated carbocycles. The Balaban J connectivity index is 1.50. The number of nitrogens with zero attached hydrogens (tertiary/aromatic N) is 1. The van der Waals surface area contributed by atoms with Gasteiger partial charge in [0, 0.05) is 36.3 Å². The first-order valence-electron chi connectivity index (χ1n) is 13.1. The number of likely N-dealkylation sites (tertiary alicyclic amines) is 1. The van der Waals surface area contributed by atoms with Gasteiger partial charge in [0.1, 0.15) is 0 Å². The first-order chi connectivity index (χ1) is 20.0. The quantitative estimate of drug-likeness (QED) is 0.134. The van der Waals surface area contributed by atoms with Crippen LogP contribution in [0.3, 0.4) is 0 Å². The van der Waals surface area contributed by atoms with Gasteiger partial charge in [0.05, 0.1) is 51.5 Å². The van der Waals surface area contributed by atoms with E-state index in [1.54, 1.807) is 0 Å². The number of sulfonamides is 1. The normalized spacial score (nSPS) is 15.4. The van der Waals surface area contributed by atoms with Gasteiger partial charge in [-0.15, -0.1) is 0 Å². The fraction of sp³-hybridized carbons (Fsp3) is 0.321. The van der Waals surface area contributed by atoms with Crippen molar-refractivity contribution in [2.75, 3.05) is 24.4 Å². The molecular weight excluding hydrogens is 652 g/mol. The molecule has 1 aliphatic rings. The molecule has 0 radical (unpaired) electrons. The number of alkyl halides is 3. The maximum absolute atomic E-state index is 13.4. The molecule has 1 saturated heterocycles. The molecular formula is C28H27Cl2F3N2O6S2. The predicted molar refractivity (Wildman–Crippen MR) is 157 cm³/mol. The van der Waals surface area contributed by atoms with Crippen molar-refractivity contribution in [2.45, 2.75) is 47.4 Å². The molecule has 8 nitrogen and oxygen atoms in total. The Bertz CT molecular complexity index is 1730. The van der Waals surface area contributed by atoms with Crippen LogP contribution in [0.15, 0.2) is 70.5 Å². The number of carbonyl (C=O) groups excluding carboxylic acids is 1. The van der Waals surface area contributed by atoms with E-state index in [1.807, 2.05) is 4.72 Å². The van der Waals surface area contributed by atoms with Crippen LogP contribution in [0, 0.1) is 5.21 Å². The number of carbonyl (C=O) groups is 1. The van der Waals surface area contributed by atoms with Crippen molar-refractivity contribution in [3.8, 4) is 0 Å². The molecule has 43 heavy (non-hydrogen) atoms. The third-order valence-electron chi connectivity index (χ3n) is 7.06. The molecule has 1 N–H and O–H groups in total. The Morgan fingerprint density at radius 1 is 0.930 bits per heavy atom. The molecule has 15 heteroatoms. The molecule has 1 heterocycles. The van der Waals surface area contributed by atoms with Crippen LogP contribution in [0.25, 0.3) is 0 Å².